The van der Waals surface area contributed by atoms with E-state index in [-0.39, 0.29) is 16.8 Å². The number of anilines is 1. The maximum atomic E-state index is 13.6. The number of rotatable bonds is 5. The van der Waals surface area contributed by atoms with E-state index >= 15 is 0 Å². The number of nitrogens with zero attached hydrogens (tertiary/aromatic N) is 1. The highest BCUT2D eigenvalue weighted by Crippen LogP contribution is 2.35. The van der Waals surface area contributed by atoms with Crippen LogP contribution in [0.25, 0.3) is 0 Å². The molecule has 8 heteroatoms. The number of carbonyl (C=O) groups excluding carboxylic acids is 1. The third-order valence-corrected chi connectivity index (χ3v) is 9.12. The van der Waals surface area contributed by atoms with Gasteiger partial charge in [0.1, 0.15) is 0 Å². The Labute approximate surface area is 174 Å². The SMILES string of the molecule is O=C1CCSc2ccc(S(=O)(=O)N(Cc3cccs3)C3CCCCC3)cc2N1. The van der Waals surface area contributed by atoms with Crippen molar-refractivity contribution in [2.75, 3.05) is 11.1 Å². The zero-order chi connectivity index (χ0) is 19.6. The summed E-state index contributed by atoms with van der Waals surface area (Å²) in [6, 6.07) is 9.12. The maximum Gasteiger partial charge on any atom is 0.243 e. The van der Waals surface area contributed by atoms with Gasteiger partial charge in [-0.05, 0) is 42.5 Å². The van der Waals surface area contributed by atoms with E-state index in [2.05, 4.69) is 5.32 Å². The number of carbonyl (C=O) groups is 1. The predicted octanol–water partition coefficient (Wildman–Crippen LogP) is 4.71. The largest absolute Gasteiger partial charge is 0.325 e. The summed E-state index contributed by atoms with van der Waals surface area (Å²) in [5.74, 6) is 0.640. The van der Waals surface area contributed by atoms with Crippen LogP contribution in [0.4, 0.5) is 5.69 Å². The van der Waals surface area contributed by atoms with Crippen LogP contribution in [0.1, 0.15) is 43.4 Å². The van der Waals surface area contributed by atoms with Crippen LogP contribution in [0, 0.1) is 0 Å². The standard InChI is InChI=1S/C20H24N2O3S3/c23-20-10-12-27-19-9-8-17(13-18(19)21-20)28(24,25)22(14-16-7-4-11-26-16)15-5-2-1-3-6-15/h4,7-9,11,13,15H,1-3,5-6,10,12,14H2,(H,21,23). The summed E-state index contributed by atoms with van der Waals surface area (Å²) in [7, 11) is -3.66. The lowest BCUT2D eigenvalue weighted by atomic mass is 9.95. The first-order chi connectivity index (χ1) is 13.5. The summed E-state index contributed by atoms with van der Waals surface area (Å²) >= 11 is 3.17. The van der Waals surface area contributed by atoms with Crippen molar-refractivity contribution in [1.82, 2.24) is 4.31 Å². The Kier molecular flexibility index (Phi) is 6.10. The minimum Gasteiger partial charge on any atom is -0.325 e. The molecule has 0 radical (unpaired) electrons. The second-order valence-electron chi connectivity index (χ2n) is 7.23. The van der Waals surface area contributed by atoms with Gasteiger partial charge in [-0.25, -0.2) is 8.42 Å². The van der Waals surface area contributed by atoms with Gasteiger partial charge in [0.15, 0.2) is 0 Å². The van der Waals surface area contributed by atoms with Gasteiger partial charge < -0.3 is 5.32 Å². The van der Waals surface area contributed by atoms with Crippen molar-refractivity contribution >= 4 is 44.7 Å². The first kappa shape index (κ1) is 19.9. The van der Waals surface area contributed by atoms with E-state index in [0.29, 0.717) is 24.4 Å². The van der Waals surface area contributed by atoms with Crippen LogP contribution in [0.15, 0.2) is 45.5 Å². The molecule has 0 spiro atoms. The van der Waals surface area contributed by atoms with Crippen molar-refractivity contribution in [2.24, 2.45) is 0 Å². The highest BCUT2D eigenvalue weighted by molar-refractivity contribution is 7.99. The number of sulfonamides is 1. The molecule has 1 saturated carbocycles. The third-order valence-electron chi connectivity index (χ3n) is 5.29. The van der Waals surface area contributed by atoms with Crippen LogP contribution in [0.2, 0.25) is 0 Å². The molecule has 0 atom stereocenters. The molecule has 1 aromatic heterocycles. The molecule has 1 amide bonds. The molecule has 2 aliphatic rings. The Hall–Kier alpha value is -1.35. The van der Waals surface area contributed by atoms with E-state index in [1.54, 1.807) is 39.5 Å². The lowest BCUT2D eigenvalue weighted by molar-refractivity contribution is -0.115. The molecular formula is C20H24N2O3S3. The van der Waals surface area contributed by atoms with Crippen LogP contribution in [0.5, 0.6) is 0 Å². The number of hydrogen-bond acceptors (Lipinski definition) is 5. The highest BCUT2D eigenvalue weighted by atomic mass is 32.2. The molecule has 0 saturated heterocycles. The summed E-state index contributed by atoms with van der Waals surface area (Å²) in [5.41, 5.74) is 0.605. The van der Waals surface area contributed by atoms with Gasteiger partial charge in [-0.15, -0.1) is 23.1 Å². The van der Waals surface area contributed by atoms with E-state index < -0.39 is 10.0 Å². The van der Waals surface area contributed by atoms with E-state index in [9.17, 15) is 13.2 Å². The lowest BCUT2D eigenvalue weighted by Gasteiger charge is -2.33. The number of amides is 1. The predicted molar refractivity (Wildman–Crippen MR) is 114 cm³/mol. The minimum absolute atomic E-state index is 0.0311. The van der Waals surface area contributed by atoms with Gasteiger partial charge in [0.2, 0.25) is 15.9 Å². The van der Waals surface area contributed by atoms with E-state index in [0.717, 1.165) is 35.5 Å². The number of hydrogen-bond donors (Lipinski definition) is 1. The number of fused-ring (bicyclic) bond motifs is 1. The molecule has 1 N–H and O–H groups in total. The van der Waals surface area contributed by atoms with Crippen LogP contribution in [-0.2, 0) is 21.4 Å². The van der Waals surface area contributed by atoms with Gasteiger partial charge >= 0.3 is 0 Å². The van der Waals surface area contributed by atoms with Gasteiger partial charge in [0, 0.05) is 34.5 Å². The minimum atomic E-state index is -3.66. The topological polar surface area (TPSA) is 66.5 Å². The average molecular weight is 437 g/mol. The molecule has 1 aromatic carbocycles. The second-order valence-corrected chi connectivity index (χ2v) is 11.3. The molecule has 28 heavy (non-hydrogen) atoms. The monoisotopic (exact) mass is 436 g/mol. The summed E-state index contributed by atoms with van der Waals surface area (Å²) in [6.45, 7) is 0.406. The Morgan fingerprint density at radius 1 is 1.14 bits per heavy atom. The normalized spacial score (nSPS) is 18.5. The quantitative estimate of drug-likeness (QED) is 0.737. The van der Waals surface area contributed by atoms with Gasteiger partial charge in [-0.3, -0.25) is 4.79 Å². The van der Waals surface area contributed by atoms with Gasteiger partial charge in [-0.1, -0.05) is 25.3 Å². The fourth-order valence-corrected chi connectivity index (χ4v) is 7.24. The van der Waals surface area contributed by atoms with E-state index in [1.807, 2.05) is 23.6 Å². The molecule has 0 bridgehead atoms. The summed E-state index contributed by atoms with van der Waals surface area (Å²) in [6.07, 6.45) is 5.56. The Bertz CT molecular complexity index is 936. The first-order valence-corrected chi connectivity index (χ1v) is 13.0. The Balaban J connectivity index is 1.69. The molecule has 150 valence electrons. The first-order valence-electron chi connectivity index (χ1n) is 9.65. The van der Waals surface area contributed by atoms with Gasteiger partial charge in [-0.2, -0.15) is 4.31 Å². The summed E-state index contributed by atoms with van der Waals surface area (Å²) < 4.78 is 28.9. The van der Waals surface area contributed by atoms with Crippen molar-refractivity contribution in [3.63, 3.8) is 0 Å². The molecular weight excluding hydrogens is 412 g/mol. The lowest BCUT2D eigenvalue weighted by Crippen LogP contribution is -2.40. The van der Waals surface area contributed by atoms with Crippen LogP contribution < -0.4 is 5.32 Å². The van der Waals surface area contributed by atoms with Gasteiger partial charge in [0.05, 0.1) is 10.6 Å². The number of nitrogens with one attached hydrogen (secondary N) is 1. The summed E-state index contributed by atoms with van der Waals surface area (Å²) in [5, 5.41) is 4.84. The van der Waals surface area contributed by atoms with Crippen molar-refractivity contribution in [3.05, 3.63) is 40.6 Å². The fraction of sp³-hybridized carbons (Fsp3) is 0.450. The van der Waals surface area contributed by atoms with Crippen molar-refractivity contribution in [1.29, 1.82) is 0 Å². The van der Waals surface area contributed by atoms with Crippen LogP contribution in [0.3, 0.4) is 0 Å². The molecule has 1 aliphatic carbocycles. The number of benzene rings is 1. The molecule has 2 heterocycles. The van der Waals surface area contributed by atoms with E-state index in [4.69, 9.17) is 0 Å². The van der Waals surface area contributed by atoms with Crippen molar-refractivity contribution in [3.8, 4) is 0 Å². The molecule has 1 aliphatic heterocycles. The number of thioether (sulfide) groups is 1. The molecule has 0 unspecified atom stereocenters. The zero-order valence-corrected chi connectivity index (χ0v) is 18.0. The highest BCUT2D eigenvalue weighted by Gasteiger charge is 2.33. The third kappa shape index (κ3) is 4.30. The maximum absolute atomic E-state index is 13.6. The van der Waals surface area contributed by atoms with Crippen molar-refractivity contribution < 1.29 is 13.2 Å². The van der Waals surface area contributed by atoms with Crippen LogP contribution >= 0.6 is 23.1 Å². The smallest absolute Gasteiger partial charge is 0.243 e. The summed E-state index contributed by atoms with van der Waals surface area (Å²) in [4.78, 5) is 14.1. The molecule has 1 fully saturated rings. The molecule has 5 nitrogen and oxygen atoms in total. The zero-order valence-electron chi connectivity index (χ0n) is 15.6. The van der Waals surface area contributed by atoms with E-state index in [1.165, 1.54) is 6.42 Å². The van der Waals surface area contributed by atoms with Gasteiger partial charge in [0.25, 0.3) is 0 Å². The Morgan fingerprint density at radius 2 is 1.96 bits per heavy atom. The number of thiophene rings is 1. The van der Waals surface area contributed by atoms with Crippen LogP contribution in [-0.4, -0.2) is 30.4 Å². The average Bonchev–Trinajstić information content (AvgIpc) is 3.13. The second kappa shape index (κ2) is 8.57. The fourth-order valence-electron chi connectivity index (χ4n) is 3.83. The molecule has 2 aromatic rings. The molecule has 4 rings (SSSR count). The van der Waals surface area contributed by atoms with Crippen molar-refractivity contribution in [2.45, 2.75) is 60.9 Å². The Morgan fingerprint density at radius 3 is 2.71 bits per heavy atom.